The van der Waals surface area contributed by atoms with Crippen molar-refractivity contribution >= 4 is 28.6 Å². The van der Waals surface area contributed by atoms with Gasteiger partial charge in [-0.15, -0.1) is 11.3 Å². The van der Waals surface area contributed by atoms with Crippen molar-refractivity contribution in [1.82, 2.24) is 4.98 Å². The van der Waals surface area contributed by atoms with Crippen LogP contribution in [0.5, 0.6) is 0 Å². The number of thiazole rings is 1. The SMILES string of the molecule is Cc1ncsc1CNc1ccc(C#N)cc1Cl. The van der Waals surface area contributed by atoms with Crippen molar-refractivity contribution < 1.29 is 0 Å². The summed E-state index contributed by atoms with van der Waals surface area (Å²) in [5.41, 5.74) is 4.26. The van der Waals surface area contributed by atoms with Gasteiger partial charge in [0, 0.05) is 4.88 Å². The lowest BCUT2D eigenvalue weighted by Gasteiger charge is -2.07. The van der Waals surface area contributed by atoms with E-state index in [1.165, 1.54) is 4.88 Å². The van der Waals surface area contributed by atoms with Crippen molar-refractivity contribution in [2.75, 3.05) is 5.32 Å². The first-order valence-electron chi connectivity index (χ1n) is 5.03. The van der Waals surface area contributed by atoms with Crippen LogP contribution in [-0.2, 0) is 6.54 Å². The first-order chi connectivity index (χ1) is 8.20. The highest BCUT2D eigenvalue weighted by molar-refractivity contribution is 7.09. The molecule has 1 aromatic carbocycles. The molecular weight excluding hydrogens is 254 g/mol. The summed E-state index contributed by atoms with van der Waals surface area (Å²) in [7, 11) is 0. The average molecular weight is 264 g/mol. The van der Waals surface area contributed by atoms with Gasteiger partial charge in [0.05, 0.1) is 40.1 Å². The normalized spacial score (nSPS) is 9.94. The standard InChI is InChI=1S/C12H10ClN3S/c1-8-12(17-7-16-8)6-15-11-3-2-9(5-14)4-10(11)13/h2-4,7,15H,6H2,1H3. The number of aromatic nitrogens is 1. The molecular formula is C12H10ClN3S. The predicted molar refractivity (Wildman–Crippen MR) is 70.3 cm³/mol. The van der Waals surface area contributed by atoms with Crippen molar-refractivity contribution in [3.8, 4) is 6.07 Å². The number of nitrogens with one attached hydrogen (secondary N) is 1. The monoisotopic (exact) mass is 263 g/mol. The summed E-state index contributed by atoms with van der Waals surface area (Å²) in [5.74, 6) is 0. The van der Waals surface area contributed by atoms with Gasteiger partial charge < -0.3 is 5.32 Å². The molecule has 0 unspecified atom stereocenters. The smallest absolute Gasteiger partial charge is 0.0992 e. The van der Waals surface area contributed by atoms with Crippen molar-refractivity contribution in [3.05, 3.63) is 44.9 Å². The molecule has 1 aromatic heterocycles. The molecule has 0 radical (unpaired) electrons. The zero-order valence-corrected chi connectivity index (χ0v) is 10.8. The number of nitriles is 1. The van der Waals surface area contributed by atoms with Crippen LogP contribution in [0.1, 0.15) is 16.1 Å². The van der Waals surface area contributed by atoms with Crippen LogP contribution < -0.4 is 5.32 Å². The predicted octanol–water partition coefficient (Wildman–Crippen LogP) is 3.59. The molecule has 0 aliphatic heterocycles. The van der Waals surface area contributed by atoms with E-state index >= 15 is 0 Å². The number of halogens is 1. The lowest BCUT2D eigenvalue weighted by Crippen LogP contribution is -1.99. The van der Waals surface area contributed by atoms with Gasteiger partial charge in [-0.25, -0.2) is 4.98 Å². The second-order valence-corrected chi connectivity index (χ2v) is 4.87. The second-order valence-electron chi connectivity index (χ2n) is 3.52. The number of aryl methyl sites for hydroxylation is 1. The molecule has 2 rings (SSSR count). The highest BCUT2D eigenvalue weighted by atomic mass is 35.5. The minimum atomic E-state index is 0.561. The summed E-state index contributed by atoms with van der Waals surface area (Å²) in [6, 6.07) is 7.27. The van der Waals surface area contributed by atoms with E-state index in [9.17, 15) is 0 Å². The minimum Gasteiger partial charge on any atom is -0.379 e. The van der Waals surface area contributed by atoms with Crippen molar-refractivity contribution in [2.24, 2.45) is 0 Å². The number of anilines is 1. The Labute approximate surface area is 109 Å². The fraction of sp³-hybridized carbons (Fsp3) is 0.167. The third-order valence-corrected chi connectivity index (χ3v) is 3.63. The quantitative estimate of drug-likeness (QED) is 0.921. The summed E-state index contributed by atoms with van der Waals surface area (Å²) >= 11 is 7.68. The van der Waals surface area contributed by atoms with Gasteiger partial charge >= 0.3 is 0 Å². The van der Waals surface area contributed by atoms with Gasteiger partial charge in [0.15, 0.2) is 0 Å². The Bertz CT molecular complexity index is 571. The Kier molecular flexibility index (Phi) is 3.62. The van der Waals surface area contributed by atoms with E-state index in [0.29, 0.717) is 17.1 Å². The Morgan fingerprint density at radius 1 is 1.53 bits per heavy atom. The lowest BCUT2D eigenvalue weighted by atomic mass is 10.2. The van der Waals surface area contributed by atoms with Crippen LogP contribution in [0, 0.1) is 18.3 Å². The first-order valence-corrected chi connectivity index (χ1v) is 6.29. The van der Waals surface area contributed by atoms with E-state index in [1.807, 2.05) is 18.5 Å². The molecule has 0 amide bonds. The van der Waals surface area contributed by atoms with Crippen LogP contribution in [0.4, 0.5) is 5.69 Å². The molecule has 0 spiro atoms. The van der Waals surface area contributed by atoms with Gasteiger partial charge in [0.2, 0.25) is 0 Å². The topological polar surface area (TPSA) is 48.7 Å². The van der Waals surface area contributed by atoms with Gasteiger partial charge in [-0.05, 0) is 25.1 Å². The fourth-order valence-electron chi connectivity index (χ4n) is 1.40. The Morgan fingerprint density at radius 3 is 2.94 bits per heavy atom. The molecule has 5 heteroatoms. The van der Waals surface area contributed by atoms with Crippen LogP contribution in [0.2, 0.25) is 5.02 Å². The third kappa shape index (κ3) is 2.76. The van der Waals surface area contributed by atoms with Gasteiger partial charge in [0.1, 0.15) is 0 Å². The summed E-state index contributed by atoms with van der Waals surface area (Å²) in [6.45, 7) is 2.68. The second kappa shape index (κ2) is 5.17. The van der Waals surface area contributed by atoms with Crippen LogP contribution in [0.15, 0.2) is 23.7 Å². The van der Waals surface area contributed by atoms with Crippen LogP contribution >= 0.6 is 22.9 Å². The molecule has 17 heavy (non-hydrogen) atoms. The molecule has 0 saturated carbocycles. The van der Waals surface area contributed by atoms with Crippen molar-refractivity contribution in [2.45, 2.75) is 13.5 Å². The molecule has 2 aromatic rings. The molecule has 0 aliphatic rings. The van der Waals surface area contributed by atoms with Crippen LogP contribution in [0.25, 0.3) is 0 Å². The number of hydrogen-bond donors (Lipinski definition) is 1. The number of rotatable bonds is 3. The van der Waals surface area contributed by atoms with E-state index in [-0.39, 0.29) is 0 Å². The maximum atomic E-state index is 8.73. The summed E-state index contributed by atoms with van der Waals surface area (Å²) in [6.07, 6.45) is 0. The van der Waals surface area contributed by atoms with Crippen LogP contribution in [0.3, 0.4) is 0 Å². The molecule has 0 aliphatic carbocycles. The number of hydrogen-bond acceptors (Lipinski definition) is 4. The first kappa shape index (κ1) is 11.9. The average Bonchev–Trinajstić information content (AvgIpc) is 2.73. The largest absolute Gasteiger partial charge is 0.379 e. The number of nitrogens with zero attached hydrogens (tertiary/aromatic N) is 2. The Morgan fingerprint density at radius 2 is 2.35 bits per heavy atom. The van der Waals surface area contributed by atoms with Gasteiger partial charge in [0.25, 0.3) is 0 Å². The van der Waals surface area contributed by atoms with Gasteiger partial charge in [-0.3, -0.25) is 0 Å². The van der Waals surface area contributed by atoms with Crippen molar-refractivity contribution in [3.63, 3.8) is 0 Å². The van der Waals surface area contributed by atoms with Crippen LogP contribution in [-0.4, -0.2) is 4.98 Å². The zero-order valence-electron chi connectivity index (χ0n) is 9.20. The van der Waals surface area contributed by atoms with E-state index in [1.54, 1.807) is 23.5 Å². The number of benzene rings is 1. The summed E-state index contributed by atoms with van der Waals surface area (Å²) in [5, 5.41) is 12.5. The maximum Gasteiger partial charge on any atom is 0.0992 e. The summed E-state index contributed by atoms with van der Waals surface area (Å²) < 4.78 is 0. The van der Waals surface area contributed by atoms with Gasteiger partial charge in [-0.1, -0.05) is 11.6 Å². The molecule has 0 fully saturated rings. The van der Waals surface area contributed by atoms with E-state index in [2.05, 4.69) is 16.4 Å². The zero-order chi connectivity index (χ0) is 12.3. The molecule has 0 saturated heterocycles. The van der Waals surface area contributed by atoms with Gasteiger partial charge in [-0.2, -0.15) is 5.26 Å². The van der Waals surface area contributed by atoms with E-state index < -0.39 is 0 Å². The minimum absolute atomic E-state index is 0.561. The van der Waals surface area contributed by atoms with E-state index in [0.717, 1.165) is 11.4 Å². The third-order valence-electron chi connectivity index (χ3n) is 2.38. The highest BCUT2D eigenvalue weighted by Crippen LogP contribution is 2.24. The molecule has 86 valence electrons. The molecule has 3 nitrogen and oxygen atoms in total. The molecule has 1 heterocycles. The highest BCUT2D eigenvalue weighted by Gasteiger charge is 2.04. The van der Waals surface area contributed by atoms with E-state index in [4.69, 9.17) is 16.9 Å². The molecule has 0 atom stereocenters. The molecule has 1 N–H and O–H groups in total. The Hall–Kier alpha value is -1.57. The lowest BCUT2D eigenvalue weighted by molar-refractivity contribution is 1.12. The fourth-order valence-corrected chi connectivity index (χ4v) is 2.36. The van der Waals surface area contributed by atoms with Crippen molar-refractivity contribution in [1.29, 1.82) is 5.26 Å². The summed E-state index contributed by atoms with van der Waals surface area (Å²) in [4.78, 5) is 5.37. The molecule has 0 bridgehead atoms. The maximum absolute atomic E-state index is 8.73. The Balaban J connectivity index is 2.10.